The van der Waals surface area contributed by atoms with E-state index in [9.17, 15) is 0 Å². The zero-order chi connectivity index (χ0) is 12.3. The molecule has 0 aromatic carbocycles. The highest BCUT2D eigenvalue weighted by Crippen LogP contribution is 2.18. The number of hydrogen-bond acceptors (Lipinski definition) is 4. The Morgan fingerprint density at radius 2 is 2.35 bits per heavy atom. The van der Waals surface area contributed by atoms with Crippen LogP contribution in [0.5, 0.6) is 0 Å². The van der Waals surface area contributed by atoms with Crippen molar-refractivity contribution < 1.29 is 4.74 Å². The summed E-state index contributed by atoms with van der Waals surface area (Å²) in [6.07, 6.45) is 1.39. The van der Waals surface area contributed by atoms with Gasteiger partial charge in [0.2, 0.25) is 0 Å². The zero-order valence-electron chi connectivity index (χ0n) is 10.6. The molecule has 1 aromatic rings. The second-order valence-electron chi connectivity index (χ2n) is 4.47. The maximum atomic E-state index is 5.66. The minimum Gasteiger partial charge on any atom is -0.375 e. The van der Waals surface area contributed by atoms with Gasteiger partial charge in [-0.3, -0.25) is 0 Å². The van der Waals surface area contributed by atoms with Crippen LogP contribution in [-0.4, -0.2) is 30.8 Å². The fourth-order valence-electron chi connectivity index (χ4n) is 2.14. The van der Waals surface area contributed by atoms with Crippen molar-refractivity contribution in [3.63, 3.8) is 0 Å². The molecule has 94 valence electrons. The van der Waals surface area contributed by atoms with Crippen LogP contribution in [0.4, 0.5) is 5.82 Å². The number of aromatic nitrogens is 1. The van der Waals surface area contributed by atoms with E-state index in [1.807, 2.05) is 6.92 Å². The van der Waals surface area contributed by atoms with E-state index in [0.717, 1.165) is 43.2 Å². The molecular weight excluding hydrogens is 214 g/mol. The van der Waals surface area contributed by atoms with Gasteiger partial charge in [-0.25, -0.2) is 4.98 Å². The number of pyridine rings is 1. The highest BCUT2D eigenvalue weighted by molar-refractivity contribution is 5.42. The summed E-state index contributed by atoms with van der Waals surface area (Å²) in [5.41, 5.74) is 7.80. The summed E-state index contributed by atoms with van der Waals surface area (Å²) in [6, 6.07) is 4.14. The Balaban J connectivity index is 2.13. The Morgan fingerprint density at radius 1 is 1.53 bits per heavy atom. The number of nitrogens with two attached hydrogens (primary N) is 1. The molecule has 1 aromatic heterocycles. The summed E-state index contributed by atoms with van der Waals surface area (Å²) in [5.74, 6) is 1.04. The molecule has 0 aliphatic carbocycles. The molecule has 0 bridgehead atoms. The molecule has 0 radical (unpaired) electrons. The zero-order valence-corrected chi connectivity index (χ0v) is 10.6. The number of aryl methyl sites for hydroxylation is 1. The predicted molar refractivity (Wildman–Crippen MR) is 69.1 cm³/mol. The predicted octanol–water partition coefficient (Wildman–Crippen LogP) is 1.46. The van der Waals surface area contributed by atoms with Gasteiger partial charge in [0.25, 0.3) is 0 Å². The molecule has 2 N–H and O–H groups in total. The Labute approximate surface area is 103 Å². The molecule has 1 atom stereocenters. The van der Waals surface area contributed by atoms with Crippen molar-refractivity contribution in [1.82, 2.24) is 4.98 Å². The lowest BCUT2D eigenvalue weighted by Gasteiger charge is -2.33. The van der Waals surface area contributed by atoms with Crippen LogP contribution in [0.2, 0.25) is 0 Å². The van der Waals surface area contributed by atoms with Gasteiger partial charge in [-0.15, -0.1) is 0 Å². The highest BCUT2D eigenvalue weighted by Gasteiger charge is 2.20. The third kappa shape index (κ3) is 2.76. The van der Waals surface area contributed by atoms with Crippen LogP contribution in [0.25, 0.3) is 0 Å². The lowest BCUT2D eigenvalue weighted by atomic mass is 10.2. The molecule has 17 heavy (non-hydrogen) atoms. The first kappa shape index (κ1) is 12.3. The molecule has 2 heterocycles. The maximum absolute atomic E-state index is 5.66. The van der Waals surface area contributed by atoms with Gasteiger partial charge in [0.05, 0.1) is 12.7 Å². The van der Waals surface area contributed by atoms with Crippen molar-refractivity contribution in [3.8, 4) is 0 Å². The van der Waals surface area contributed by atoms with Gasteiger partial charge >= 0.3 is 0 Å². The number of anilines is 1. The van der Waals surface area contributed by atoms with E-state index in [1.165, 1.54) is 0 Å². The van der Waals surface area contributed by atoms with Gasteiger partial charge in [0.1, 0.15) is 5.82 Å². The Bertz CT molecular complexity index is 381. The van der Waals surface area contributed by atoms with Crippen LogP contribution in [0, 0.1) is 6.92 Å². The fraction of sp³-hybridized carbons (Fsp3) is 0.615. The van der Waals surface area contributed by atoms with Gasteiger partial charge in [0.15, 0.2) is 0 Å². The summed E-state index contributed by atoms with van der Waals surface area (Å²) < 4.78 is 5.66. The van der Waals surface area contributed by atoms with Crippen molar-refractivity contribution in [1.29, 1.82) is 0 Å². The average Bonchev–Trinajstić information content (AvgIpc) is 2.38. The van der Waals surface area contributed by atoms with Crippen LogP contribution in [0.1, 0.15) is 24.6 Å². The van der Waals surface area contributed by atoms with Crippen LogP contribution < -0.4 is 10.6 Å². The molecule has 4 heteroatoms. The topological polar surface area (TPSA) is 51.4 Å². The molecule has 1 saturated heterocycles. The van der Waals surface area contributed by atoms with E-state index in [4.69, 9.17) is 10.5 Å². The Hall–Kier alpha value is -1.13. The fourth-order valence-corrected chi connectivity index (χ4v) is 2.14. The first-order valence-electron chi connectivity index (χ1n) is 6.27. The molecule has 1 fully saturated rings. The SMILES string of the molecule is CCC1CN(c2ccc(CN)c(C)n2)CCO1. The molecule has 4 nitrogen and oxygen atoms in total. The van der Waals surface area contributed by atoms with E-state index < -0.39 is 0 Å². The van der Waals surface area contributed by atoms with Crippen molar-refractivity contribution >= 4 is 5.82 Å². The normalized spacial score (nSPS) is 20.6. The molecule has 0 amide bonds. The third-order valence-corrected chi connectivity index (χ3v) is 3.32. The van der Waals surface area contributed by atoms with Crippen molar-refractivity contribution in [3.05, 3.63) is 23.4 Å². The number of ether oxygens (including phenoxy) is 1. The lowest BCUT2D eigenvalue weighted by molar-refractivity contribution is 0.0381. The van der Waals surface area contributed by atoms with Gasteiger partial charge in [-0.2, -0.15) is 0 Å². The number of rotatable bonds is 3. The largest absolute Gasteiger partial charge is 0.375 e. The summed E-state index contributed by atoms with van der Waals surface area (Å²) in [4.78, 5) is 6.92. The molecule has 1 unspecified atom stereocenters. The monoisotopic (exact) mass is 235 g/mol. The number of morpholine rings is 1. The molecule has 2 rings (SSSR count). The minimum absolute atomic E-state index is 0.333. The van der Waals surface area contributed by atoms with Gasteiger partial charge in [-0.1, -0.05) is 13.0 Å². The van der Waals surface area contributed by atoms with Crippen molar-refractivity contribution in [2.45, 2.75) is 32.9 Å². The first-order chi connectivity index (χ1) is 8.24. The van der Waals surface area contributed by atoms with Gasteiger partial charge in [-0.05, 0) is 25.0 Å². The van der Waals surface area contributed by atoms with Crippen molar-refractivity contribution in [2.24, 2.45) is 5.73 Å². The molecule has 0 saturated carbocycles. The molecule has 0 spiro atoms. The first-order valence-corrected chi connectivity index (χ1v) is 6.27. The van der Waals surface area contributed by atoms with Crippen molar-refractivity contribution in [2.75, 3.05) is 24.6 Å². The van der Waals surface area contributed by atoms with E-state index in [1.54, 1.807) is 0 Å². The summed E-state index contributed by atoms with van der Waals surface area (Å²) >= 11 is 0. The van der Waals surface area contributed by atoms with E-state index in [2.05, 4.69) is 28.9 Å². The van der Waals surface area contributed by atoms with Crippen LogP contribution in [0.15, 0.2) is 12.1 Å². The lowest BCUT2D eigenvalue weighted by Crippen LogP contribution is -2.42. The number of hydrogen-bond donors (Lipinski definition) is 1. The van der Waals surface area contributed by atoms with Gasteiger partial charge in [0, 0.05) is 25.3 Å². The minimum atomic E-state index is 0.333. The standard InChI is InChI=1S/C13H21N3O/c1-3-12-9-16(6-7-17-12)13-5-4-11(8-14)10(2)15-13/h4-5,12H,3,6-9,14H2,1-2H3. The smallest absolute Gasteiger partial charge is 0.128 e. The summed E-state index contributed by atoms with van der Waals surface area (Å²) in [7, 11) is 0. The van der Waals surface area contributed by atoms with E-state index >= 15 is 0 Å². The molecule has 1 aliphatic heterocycles. The number of nitrogens with zero attached hydrogens (tertiary/aromatic N) is 2. The Kier molecular flexibility index (Phi) is 3.97. The summed E-state index contributed by atoms with van der Waals surface area (Å²) in [5, 5.41) is 0. The van der Waals surface area contributed by atoms with Crippen LogP contribution >= 0.6 is 0 Å². The third-order valence-electron chi connectivity index (χ3n) is 3.32. The maximum Gasteiger partial charge on any atom is 0.128 e. The van der Waals surface area contributed by atoms with Crippen LogP contribution in [-0.2, 0) is 11.3 Å². The van der Waals surface area contributed by atoms with Gasteiger partial charge < -0.3 is 15.4 Å². The summed E-state index contributed by atoms with van der Waals surface area (Å²) in [6.45, 7) is 7.38. The van der Waals surface area contributed by atoms with E-state index in [-0.39, 0.29) is 0 Å². The molecule has 1 aliphatic rings. The van der Waals surface area contributed by atoms with E-state index in [0.29, 0.717) is 12.6 Å². The highest BCUT2D eigenvalue weighted by atomic mass is 16.5. The second-order valence-corrected chi connectivity index (χ2v) is 4.47. The second kappa shape index (κ2) is 5.47. The molecular formula is C13H21N3O. The van der Waals surface area contributed by atoms with Crippen LogP contribution in [0.3, 0.4) is 0 Å². The Morgan fingerprint density at radius 3 is 3.00 bits per heavy atom. The quantitative estimate of drug-likeness (QED) is 0.862. The average molecular weight is 235 g/mol.